The number of aryl methyl sites for hydroxylation is 1. The smallest absolute Gasteiger partial charge is 0.0558 e. The van der Waals surface area contributed by atoms with Crippen molar-refractivity contribution in [2.24, 2.45) is 0 Å². The van der Waals surface area contributed by atoms with Crippen LogP contribution in [0, 0.1) is 6.92 Å². The molecule has 118 valence electrons. The number of hydrogen-bond acceptors (Lipinski definition) is 3. The molecule has 2 N–H and O–H groups in total. The van der Waals surface area contributed by atoms with Crippen LogP contribution >= 0.6 is 0 Å². The van der Waals surface area contributed by atoms with E-state index in [1.54, 1.807) is 0 Å². The lowest BCUT2D eigenvalue weighted by Crippen LogP contribution is -2.28. The van der Waals surface area contributed by atoms with Crippen molar-refractivity contribution in [3.8, 4) is 11.1 Å². The Morgan fingerprint density at radius 2 is 1.73 bits per heavy atom. The van der Waals surface area contributed by atoms with Gasteiger partial charge < -0.3 is 10.2 Å². The molecule has 22 heavy (non-hydrogen) atoms. The molecule has 0 bridgehead atoms. The second-order valence-corrected chi connectivity index (χ2v) is 5.59. The summed E-state index contributed by atoms with van der Waals surface area (Å²) in [6.45, 7) is 4.68. The van der Waals surface area contributed by atoms with Crippen LogP contribution < -0.4 is 0 Å². The fourth-order valence-corrected chi connectivity index (χ4v) is 2.70. The average Bonchev–Trinajstić information content (AvgIpc) is 2.53. The SMILES string of the molecule is Cc1ccccc1-c1cccc(CN(CCO)CCCO)c1. The lowest BCUT2D eigenvalue weighted by Gasteiger charge is -2.21. The maximum Gasteiger partial charge on any atom is 0.0558 e. The number of nitrogens with zero attached hydrogens (tertiary/aromatic N) is 1. The van der Waals surface area contributed by atoms with Crippen LogP contribution in [0.5, 0.6) is 0 Å². The van der Waals surface area contributed by atoms with Gasteiger partial charge in [0.05, 0.1) is 6.61 Å². The second kappa shape index (κ2) is 8.69. The molecule has 0 aliphatic rings. The summed E-state index contributed by atoms with van der Waals surface area (Å²) >= 11 is 0. The zero-order chi connectivity index (χ0) is 15.8. The van der Waals surface area contributed by atoms with Crippen molar-refractivity contribution in [2.75, 3.05) is 26.3 Å². The first-order valence-corrected chi connectivity index (χ1v) is 7.83. The lowest BCUT2D eigenvalue weighted by molar-refractivity contribution is 0.174. The van der Waals surface area contributed by atoms with E-state index in [4.69, 9.17) is 5.11 Å². The van der Waals surface area contributed by atoms with Crippen molar-refractivity contribution in [1.29, 1.82) is 0 Å². The van der Waals surface area contributed by atoms with E-state index in [1.165, 1.54) is 22.3 Å². The number of hydrogen-bond donors (Lipinski definition) is 2. The zero-order valence-corrected chi connectivity index (χ0v) is 13.2. The fourth-order valence-electron chi connectivity index (χ4n) is 2.70. The maximum absolute atomic E-state index is 9.18. The molecular weight excluding hydrogens is 274 g/mol. The highest BCUT2D eigenvalue weighted by atomic mass is 16.3. The van der Waals surface area contributed by atoms with Gasteiger partial charge in [-0.25, -0.2) is 0 Å². The van der Waals surface area contributed by atoms with Crippen molar-refractivity contribution in [2.45, 2.75) is 19.9 Å². The fraction of sp³-hybridized carbons (Fsp3) is 0.368. The molecular formula is C19H25NO2. The number of rotatable bonds is 8. The van der Waals surface area contributed by atoms with E-state index >= 15 is 0 Å². The molecule has 0 amide bonds. The third kappa shape index (κ3) is 4.67. The summed E-state index contributed by atoms with van der Waals surface area (Å²) in [6.07, 6.45) is 0.734. The number of aliphatic hydroxyl groups is 2. The molecule has 0 aromatic heterocycles. The lowest BCUT2D eigenvalue weighted by atomic mass is 9.99. The molecule has 2 aromatic carbocycles. The largest absolute Gasteiger partial charge is 0.396 e. The van der Waals surface area contributed by atoms with E-state index in [9.17, 15) is 5.11 Å². The predicted molar refractivity (Wildman–Crippen MR) is 90.7 cm³/mol. The van der Waals surface area contributed by atoms with E-state index in [0.29, 0.717) is 6.54 Å². The van der Waals surface area contributed by atoms with Crippen LogP contribution in [0.1, 0.15) is 17.5 Å². The van der Waals surface area contributed by atoms with Crippen LogP contribution in [-0.2, 0) is 6.54 Å². The monoisotopic (exact) mass is 299 g/mol. The van der Waals surface area contributed by atoms with E-state index in [0.717, 1.165) is 19.5 Å². The summed E-state index contributed by atoms with van der Waals surface area (Å²) < 4.78 is 0. The van der Waals surface area contributed by atoms with Gasteiger partial charge in [-0.2, -0.15) is 0 Å². The van der Waals surface area contributed by atoms with Crippen molar-refractivity contribution in [1.82, 2.24) is 4.90 Å². The molecule has 0 fully saturated rings. The van der Waals surface area contributed by atoms with E-state index in [2.05, 4.69) is 60.4 Å². The quantitative estimate of drug-likeness (QED) is 0.788. The highest BCUT2D eigenvalue weighted by Gasteiger charge is 2.07. The van der Waals surface area contributed by atoms with Crippen molar-refractivity contribution >= 4 is 0 Å². The van der Waals surface area contributed by atoms with Crippen molar-refractivity contribution < 1.29 is 10.2 Å². The van der Waals surface area contributed by atoms with Gasteiger partial charge in [-0.05, 0) is 41.7 Å². The van der Waals surface area contributed by atoms with E-state index < -0.39 is 0 Å². The van der Waals surface area contributed by atoms with Gasteiger partial charge in [-0.1, -0.05) is 42.5 Å². The van der Waals surface area contributed by atoms with Crippen LogP contribution in [0.15, 0.2) is 48.5 Å². The molecule has 0 spiro atoms. The summed E-state index contributed by atoms with van der Waals surface area (Å²) in [7, 11) is 0. The maximum atomic E-state index is 9.18. The summed E-state index contributed by atoms with van der Waals surface area (Å²) in [5.41, 5.74) is 4.98. The predicted octanol–water partition coefficient (Wildman–Crippen LogP) is 2.84. The normalized spacial score (nSPS) is 11.1. The molecule has 0 saturated heterocycles. The van der Waals surface area contributed by atoms with Crippen LogP contribution in [0.4, 0.5) is 0 Å². The average molecular weight is 299 g/mol. The van der Waals surface area contributed by atoms with Gasteiger partial charge >= 0.3 is 0 Å². The van der Waals surface area contributed by atoms with Gasteiger partial charge in [0.1, 0.15) is 0 Å². The third-order valence-electron chi connectivity index (χ3n) is 3.84. The van der Waals surface area contributed by atoms with Crippen LogP contribution in [-0.4, -0.2) is 41.4 Å². The first kappa shape index (κ1) is 16.7. The van der Waals surface area contributed by atoms with Gasteiger partial charge in [0, 0.05) is 26.2 Å². The van der Waals surface area contributed by atoms with Gasteiger partial charge in [-0.15, -0.1) is 0 Å². The van der Waals surface area contributed by atoms with Gasteiger partial charge in [0.2, 0.25) is 0 Å². The molecule has 0 heterocycles. The Hall–Kier alpha value is -1.68. The summed E-state index contributed by atoms with van der Waals surface area (Å²) in [4.78, 5) is 2.17. The van der Waals surface area contributed by atoms with Crippen LogP contribution in [0.2, 0.25) is 0 Å². The molecule has 0 atom stereocenters. The van der Waals surface area contributed by atoms with E-state index in [1.807, 2.05) is 0 Å². The molecule has 3 nitrogen and oxygen atoms in total. The highest BCUT2D eigenvalue weighted by Crippen LogP contribution is 2.24. The van der Waals surface area contributed by atoms with Gasteiger partial charge in [0.15, 0.2) is 0 Å². The molecule has 2 aromatic rings. The van der Waals surface area contributed by atoms with Gasteiger partial charge in [0.25, 0.3) is 0 Å². The first-order valence-electron chi connectivity index (χ1n) is 7.83. The Kier molecular flexibility index (Phi) is 6.59. The number of benzene rings is 2. The van der Waals surface area contributed by atoms with E-state index in [-0.39, 0.29) is 13.2 Å². The minimum absolute atomic E-state index is 0.142. The topological polar surface area (TPSA) is 43.7 Å². The summed E-state index contributed by atoms with van der Waals surface area (Å²) in [5.74, 6) is 0. The third-order valence-corrected chi connectivity index (χ3v) is 3.84. The standard InChI is InChI=1S/C19H25NO2/c1-16-6-2-3-9-19(16)18-8-4-7-17(14-18)15-20(11-13-22)10-5-12-21/h2-4,6-9,14,21-22H,5,10-13,15H2,1H3. The Morgan fingerprint density at radius 3 is 2.45 bits per heavy atom. The number of aliphatic hydroxyl groups excluding tert-OH is 2. The van der Waals surface area contributed by atoms with Gasteiger partial charge in [-0.3, -0.25) is 4.90 Å². The Bertz CT molecular complexity index is 583. The Balaban J connectivity index is 2.15. The molecule has 0 saturated carbocycles. The zero-order valence-electron chi connectivity index (χ0n) is 13.2. The van der Waals surface area contributed by atoms with Crippen LogP contribution in [0.25, 0.3) is 11.1 Å². The first-order chi connectivity index (χ1) is 10.7. The molecule has 0 radical (unpaired) electrons. The highest BCUT2D eigenvalue weighted by molar-refractivity contribution is 5.67. The minimum atomic E-state index is 0.142. The minimum Gasteiger partial charge on any atom is -0.396 e. The summed E-state index contributed by atoms with van der Waals surface area (Å²) in [5, 5.41) is 18.2. The van der Waals surface area contributed by atoms with Crippen molar-refractivity contribution in [3.05, 3.63) is 59.7 Å². The Labute approximate surface area is 132 Å². The molecule has 0 aliphatic heterocycles. The molecule has 3 heteroatoms. The van der Waals surface area contributed by atoms with Crippen molar-refractivity contribution in [3.63, 3.8) is 0 Å². The molecule has 2 rings (SSSR count). The second-order valence-electron chi connectivity index (χ2n) is 5.59. The molecule has 0 aliphatic carbocycles. The van der Waals surface area contributed by atoms with Crippen LogP contribution in [0.3, 0.4) is 0 Å². The summed E-state index contributed by atoms with van der Waals surface area (Å²) in [6, 6.07) is 16.9. The Morgan fingerprint density at radius 1 is 0.909 bits per heavy atom. The molecule has 0 unspecified atom stereocenters.